The molecule has 1 aromatic heterocycles. The monoisotopic (exact) mass is 338 g/mol. The van der Waals surface area contributed by atoms with Crippen molar-refractivity contribution in [1.82, 2.24) is 19.2 Å². The van der Waals surface area contributed by atoms with Gasteiger partial charge in [0, 0.05) is 39.1 Å². The van der Waals surface area contributed by atoms with E-state index in [1.807, 2.05) is 7.05 Å². The van der Waals surface area contributed by atoms with Crippen LogP contribution in [0.1, 0.15) is 17.4 Å². The molecule has 0 saturated carbocycles. The first-order chi connectivity index (χ1) is 10.9. The molecular formula is C15H19FN4O2S. The molecule has 8 heteroatoms. The summed E-state index contributed by atoms with van der Waals surface area (Å²) >= 11 is 0. The van der Waals surface area contributed by atoms with Crippen molar-refractivity contribution in [3.05, 3.63) is 47.8 Å². The van der Waals surface area contributed by atoms with Gasteiger partial charge in [0.1, 0.15) is 11.6 Å². The number of imidazole rings is 1. The van der Waals surface area contributed by atoms with E-state index in [0.29, 0.717) is 31.0 Å². The van der Waals surface area contributed by atoms with E-state index >= 15 is 0 Å². The second kappa shape index (κ2) is 6.03. The average molecular weight is 338 g/mol. The molecule has 1 aliphatic heterocycles. The maximum Gasteiger partial charge on any atom is 0.243 e. The predicted octanol–water partition coefficient (Wildman–Crippen LogP) is 1.20. The van der Waals surface area contributed by atoms with E-state index in [2.05, 4.69) is 10.3 Å². The lowest BCUT2D eigenvalue weighted by molar-refractivity contribution is 0.258. The van der Waals surface area contributed by atoms with Crippen LogP contribution in [0, 0.1) is 12.7 Å². The van der Waals surface area contributed by atoms with Crippen molar-refractivity contribution < 1.29 is 12.8 Å². The number of hydrogen-bond donors (Lipinski definition) is 1. The van der Waals surface area contributed by atoms with Crippen molar-refractivity contribution >= 4 is 10.0 Å². The molecule has 124 valence electrons. The molecule has 0 amide bonds. The van der Waals surface area contributed by atoms with E-state index < -0.39 is 21.9 Å². The Morgan fingerprint density at radius 1 is 1.39 bits per heavy atom. The largest absolute Gasteiger partial charge is 0.337 e. The van der Waals surface area contributed by atoms with Crippen molar-refractivity contribution in [2.45, 2.75) is 17.9 Å². The number of benzene rings is 1. The number of rotatable bonds is 3. The first-order valence-electron chi connectivity index (χ1n) is 7.37. The van der Waals surface area contributed by atoms with Crippen LogP contribution in [0.3, 0.4) is 0 Å². The van der Waals surface area contributed by atoms with Crippen molar-refractivity contribution in [2.75, 3.05) is 19.6 Å². The molecule has 1 aliphatic rings. The molecule has 1 unspecified atom stereocenters. The smallest absolute Gasteiger partial charge is 0.243 e. The Bertz CT molecular complexity index is 819. The van der Waals surface area contributed by atoms with E-state index in [9.17, 15) is 12.8 Å². The van der Waals surface area contributed by atoms with Gasteiger partial charge in [0.15, 0.2) is 0 Å². The van der Waals surface area contributed by atoms with E-state index in [1.165, 1.54) is 16.4 Å². The number of aryl methyl sites for hydroxylation is 2. The summed E-state index contributed by atoms with van der Waals surface area (Å²) in [5, 5.41) is 3.19. The van der Waals surface area contributed by atoms with Crippen LogP contribution < -0.4 is 5.32 Å². The summed E-state index contributed by atoms with van der Waals surface area (Å²) in [6, 6.07) is 3.60. The van der Waals surface area contributed by atoms with Gasteiger partial charge in [-0.15, -0.1) is 0 Å². The maximum atomic E-state index is 13.8. The van der Waals surface area contributed by atoms with Gasteiger partial charge in [-0.3, -0.25) is 0 Å². The Morgan fingerprint density at radius 3 is 2.83 bits per heavy atom. The van der Waals surface area contributed by atoms with E-state index in [-0.39, 0.29) is 4.90 Å². The molecule has 1 atom stereocenters. The Kier molecular flexibility index (Phi) is 4.22. The van der Waals surface area contributed by atoms with Crippen molar-refractivity contribution in [3.8, 4) is 0 Å². The third-order valence-corrected chi connectivity index (χ3v) is 6.00. The van der Waals surface area contributed by atoms with Crippen molar-refractivity contribution in [1.29, 1.82) is 0 Å². The third-order valence-electron chi connectivity index (χ3n) is 4.10. The minimum Gasteiger partial charge on any atom is -0.337 e. The number of nitrogens with zero attached hydrogens (tertiary/aromatic N) is 3. The van der Waals surface area contributed by atoms with Gasteiger partial charge in [-0.05, 0) is 24.6 Å². The molecular weight excluding hydrogens is 319 g/mol. The number of nitrogens with one attached hydrogen (secondary N) is 1. The predicted molar refractivity (Wildman–Crippen MR) is 83.8 cm³/mol. The zero-order valence-electron chi connectivity index (χ0n) is 13.0. The van der Waals surface area contributed by atoms with Crippen LogP contribution in [0.15, 0.2) is 35.5 Å². The summed E-state index contributed by atoms with van der Waals surface area (Å²) in [4.78, 5) is 4.25. The van der Waals surface area contributed by atoms with Gasteiger partial charge in [-0.1, -0.05) is 6.07 Å². The first-order valence-corrected chi connectivity index (χ1v) is 8.81. The molecule has 3 rings (SSSR count). The summed E-state index contributed by atoms with van der Waals surface area (Å²) < 4.78 is 42.9. The van der Waals surface area contributed by atoms with Crippen LogP contribution in [0.25, 0.3) is 0 Å². The van der Waals surface area contributed by atoms with Crippen LogP contribution in [-0.2, 0) is 17.1 Å². The highest BCUT2D eigenvalue weighted by Crippen LogP contribution is 2.28. The highest BCUT2D eigenvalue weighted by Gasteiger charge is 2.36. The first kappa shape index (κ1) is 16.1. The van der Waals surface area contributed by atoms with Gasteiger partial charge in [-0.2, -0.15) is 4.31 Å². The molecule has 1 saturated heterocycles. The minimum absolute atomic E-state index is 0.0262. The molecule has 6 nitrogen and oxygen atoms in total. The second-order valence-corrected chi connectivity index (χ2v) is 7.53. The van der Waals surface area contributed by atoms with Gasteiger partial charge in [0.05, 0.1) is 10.9 Å². The van der Waals surface area contributed by atoms with Gasteiger partial charge in [0.25, 0.3) is 0 Å². The molecule has 1 fully saturated rings. The fourth-order valence-electron chi connectivity index (χ4n) is 2.76. The molecule has 1 aromatic carbocycles. The SMILES string of the molecule is Cc1ccc(S(=O)(=O)N2CCNCC2c2nccn2C)cc1F. The third kappa shape index (κ3) is 2.89. The highest BCUT2D eigenvalue weighted by molar-refractivity contribution is 7.89. The molecule has 0 aliphatic carbocycles. The van der Waals surface area contributed by atoms with Gasteiger partial charge < -0.3 is 9.88 Å². The van der Waals surface area contributed by atoms with E-state index in [0.717, 1.165) is 6.07 Å². The normalized spacial score (nSPS) is 19.9. The number of halogens is 1. The van der Waals surface area contributed by atoms with Crippen LogP contribution in [-0.4, -0.2) is 41.9 Å². The number of aromatic nitrogens is 2. The molecule has 2 heterocycles. The second-order valence-electron chi connectivity index (χ2n) is 5.64. The van der Waals surface area contributed by atoms with Crippen LogP contribution in [0.5, 0.6) is 0 Å². The summed E-state index contributed by atoms with van der Waals surface area (Å²) in [5.74, 6) is 0.142. The number of piperazine rings is 1. The van der Waals surface area contributed by atoms with Crippen LogP contribution in [0.2, 0.25) is 0 Å². The molecule has 1 N–H and O–H groups in total. The van der Waals surface area contributed by atoms with Crippen LogP contribution >= 0.6 is 0 Å². The molecule has 2 aromatic rings. The van der Waals surface area contributed by atoms with Crippen molar-refractivity contribution in [2.24, 2.45) is 7.05 Å². The molecule has 0 bridgehead atoms. The average Bonchev–Trinajstić information content (AvgIpc) is 2.96. The quantitative estimate of drug-likeness (QED) is 0.913. The summed E-state index contributed by atoms with van der Waals surface area (Å²) in [6.45, 7) is 2.94. The Morgan fingerprint density at radius 2 is 2.17 bits per heavy atom. The van der Waals surface area contributed by atoms with Crippen LogP contribution in [0.4, 0.5) is 4.39 Å². The standard InChI is InChI=1S/C15H19FN4O2S/c1-11-3-4-12(9-13(11)16)23(21,22)20-8-5-17-10-14(20)15-18-6-7-19(15)2/h3-4,6-7,9,14,17H,5,8,10H2,1-2H3. The van der Waals surface area contributed by atoms with E-state index in [1.54, 1.807) is 23.9 Å². The zero-order chi connectivity index (χ0) is 16.6. The van der Waals surface area contributed by atoms with E-state index in [4.69, 9.17) is 0 Å². The lowest BCUT2D eigenvalue weighted by atomic mass is 10.2. The Balaban J connectivity index is 2.02. The molecule has 0 spiro atoms. The topological polar surface area (TPSA) is 67.2 Å². The van der Waals surface area contributed by atoms with Gasteiger partial charge >= 0.3 is 0 Å². The Labute approximate surface area is 135 Å². The lowest BCUT2D eigenvalue weighted by Crippen LogP contribution is -2.49. The number of hydrogen-bond acceptors (Lipinski definition) is 4. The Hall–Kier alpha value is -1.77. The fourth-order valence-corrected chi connectivity index (χ4v) is 4.36. The van der Waals surface area contributed by atoms with Crippen molar-refractivity contribution in [3.63, 3.8) is 0 Å². The molecule has 0 radical (unpaired) electrons. The minimum atomic E-state index is -3.79. The number of sulfonamides is 1. The summed E-state index contributed by atoms with van der Waals surface area (Å²) in [7, 11) is -1.97. The highest BCUT2D eigenvalue weighted by atomic mass is 32.2. The molecule has 23 heavy (non-hydrogen) atoms. The zero-order valence-corrected chi connectivity index (χ0v) is 13.8. The fraction of sp³-hybridized carbons (Fsp3) is 0.400. The van der Waals surface area contributed by atoms with Gasteiger partial charge in [-0.25, -0.2) is 17.8 Å². The van der Waals surface area contributed by atoms with Gasteiger partial charge in [0.2, 0.25) is 10.0 Å². The lowest BCUT2D eigenvalue weighted by Gasteiger charge is -2.34. The summed E-state index contributed by atoms with van der Waals surface area (Å²) in [6.07, 6.45) is 3.42. The summed E-state index contributed by atoms with van der Waals surface area (Å²) in [5.41, 5.74) is 0.421. The maximum absolute atomic E-state index is 13.8.